The Balaban J connectivity index is 0.00000100. The third-order valence-electron chi connectivity index (χ3n) is 10.7. The van der Waals surface area contributed by atoms with Crippen molar-refractivity contribution in [3.05, 3.63) is 47.5 Å². The molecule has 0 aliphatic rings. The average molecular weight is 844 g/mol. The first kappa shape index (κ1) is 52.8. The molecule has 0 amide bonds. The molecule has 0 aliphatic carbocycles. The normalized spacial score (nSPS) is 10.9. The maximum atomic E-state index is 5.25. The number of benzene rings is 2. The second-order valence-corrected chi connectivity index (χ2v) is 17.4. The van der Waals surface area contributed by atoms with Crippen molar-refractivity contribution in [1.82, 2.24) is 0 Å². The molecule has 53 heavy (non-hydrogen) atoms. The van der Waals surface area contributed by atoms with Gasteiger partial charge >= 0.3 is 0 Å². The molecule has 5 heteroatoms. The Labute approximate surface area is 363 Å². The molecule has 0 atom stereocenters. The predicted octanol–water partition coefficient (Wildman–Crippen LogP) is 16.6. The van der Waals surface area contributed by atoms with Crippen molar-refractivity contribution in [2.45, 2.75) is 252 Å². The molecular formula is C48H80NiS4-4. The summed E-state index contributed by atoms with van der Waals surface area (Å²) in [5, 5.41) is 0. The molecule has 0 aromatic heterocycles. The monoisotopic (exact) mass is 842 g/mol. The zero-order chi connectivity index (χ0) is 37.7. The maximum Gasteiger partial charge on any atom is 0 e. The molecule has 0 fully saturated rings. The minimum atomic E-state index is 0. The molecule has 0 bridgehead atoms. The van der Waals surface area contributed by atoms with Crippen molar-refractivity contribution in [2.24, 2.45) is 0 Å². The van der Waals surface area contributed by atoms with Gasteiger partial charge in [-0.05, 0) is 36.8 Å². The van der Waals surface area contributed by atoms with Crippen LogP contribution in [0, 0.1) is 0 Å². The predicted molar refractivity (Wildman–Crippen MR) is 242 cm³/mol. The summed E-state index contributed by atoms with van der Waals surface area (Å²) in [6, 6.07) is 12.4. The van der Waals surface area contributed by atoms with E-state index in [0.717, 1.165) is 32.4 Å². The minimum absolute atomic E-state index is 0. The summed E-state index contributed by atoms with van der Waals surface area (Å²) in [6.07, 6.45) is 47.8. The van der Waals surface area contributed by atoms with Crippen molar-refractivity contribution in [3.63, 3.8) is 0 Å². The summed E-state index contributed by atoms with van der Waals surface area (Å²) in [5.41, 5.74) is 2.71. The van der Waals surface area contributed by atoms with Crippen LogP contribution in [-0.4, -0.2) is 0 Å². The fourth-order valence-corrected chi connectivity index (χ4v) is 7.86. The molecule has 310 valence electrons. The Bertz CT molecular complexity index is 974. The largest absolute Gasteiger partial charge is 0.781 e. The molecule has 0 nitrogen and oxygen atoms in total. The van der Waals surface area contributed by atoms with E-state index in [1.165, 1.54) is 217 Å². The van der Waals surface area contributed by atoms with Crippen LogP contribution < -0.4 is 0 Å². The maximum absolute atomic E-state index is 5.25. The second kappa shape index (κ2) is 40.0. The van der Waals surface area contributed by atoms with Crippen molar-refractivity contribution in [3.8, 4) is 0 Å². The third-order valence-corrected chi connectivity index (χ3v) is 12.3. The van der Waals surface area contributed by atoms with Gasteiger partial charge in [0.05, 0.1) is 0 Å². The molecule has 0 heterocycles. The zero-order valence-corrected chi connectivity index (χ0v) is 38.7. The standard InChI is InChI=1S/2C24H42S2.Ni/c2*1-2-3-4-5-6-7-8-9-10-11-12-13-14-15-16-17-18-22-19-20-23(25)24(26)21-22;/h2*19-21,25-26H,2-18H2,1H3;/p-4. The van der Waals surface area contributed by atoms with Gasteiger partial charge in [0.2, 0.25) is 0 Å². The van der Waals surface area contributed by atoms with Gasteiger partial charge in [0, 0.05) is 16.5 Å². The van der Waals surface area contributed by atoms with E-state index in [1.807, 2.05) is 12.1 Å². The first-order chi connectivity index (χ1) is 25.5. The number of unbranched alkanes of at least 4 members (excludes halogenated alkanes) is 30. The van der Waals surface area contributed by atoms with Crippen LogP contribution in [0.4, 0.5) is 0 Å². The van der Waals surface area contributed by atoms with E-state index in [2.05, 4.69) is 38.1 Å². The molecule has 0 radical (unpaired) electrons. The molecular weight excluding hydrogens is 763 g/mol. The van der Waals surface area contributed by atoms with Crippen LogP contribution in [-0.2, 0) is 79.8 Å². The molecule has 0 unspecified atom stereocenters. The van der Waals surface area contributed by atoms with E-state index in [-0.39, 0.29) is 16.5 Å². The Kier molecular flexibility index (Phi) is 39.9. The van der Waals surface area contributed by atoms with Crippen LogP contribution in [0.15, 0.2) is 56.0 Å². The van der Waals surface area contributed by atoms with Crippen LogP contribution in [0.3, 0.4) is 0 Å². The van der Waals surface area contributed by atoms with E-state index >= 15 is 0 Å². The Hall–Kier alpha value is -0.186. The van der Waals surface area contributed by atoms with E-state index in [9.17, 15) is 0 Å². The summed E-state index contributed by atoms with van der Waals surface area (Å²) in [6.45, 7) is 4.58. The first-order valence-electron chi connectivity index (χ1n) is 22.4. The second-order valence-electron chi connectivity index (χ2n) is 15.7. The van der Waals surface area contributed by atoms with Crippen LogP contribution in [0.2, 0.25) is 0 Å². The number of hydrogen-bond acceptors (Lipinski definition) is 4. The van der Waals surface area contributed by atoms with Gasteiger partial charge in [0.25, 0.3) is 0 Å². The van der Waals surface area contributed by atoms with Gasteiger partial charge in [-0.3, -0.25) is 0 Å². The smallest absolute Gasteiger partial charge is 0 e. The Morgan fingerprint density at radius 3 is 0.698 bits per heavy atom. The average Bonchev–Trinajstić information content (AvgIpc) is 3.14. The SMILES string of the molecule is CCCCCCCCCCCCCCCCCCc1ccc([S-])c([S-])c1.CCCCCCCCCCCCCCCCCCc1ccc([S-])c([S-])c1.[Ni]. The Morgan fingerprint density at radius 2 is 0.491 bits per heavy atom. The van der Waals surface area contributed by atoms with Gasteiger partial charge in [-0.1, -0.05) is 243 Å². The van der Waals surface area contributed by atoms with Gasteiger partial charge in [-0.25, -0.2) is 0 Å². The van der Waals surface area contributed by atoms with Crippen LogP contribution in [0.25, 0.3) is 0 Å². The number of aryl methyl sites for hydroxylation is 2. The summed E-state index contributed by atoms with van der Waals surface area (Å²) >= 11 is 20.8. The summed E-state index contributed by atoms with van der Waals surface area (Å²) in [7, 11) is 0. The third kappa shape index (κ3) is 33.6. The minimum Gasteiger partial charge on any atom is -0.781 e. The summed E-state index contributed by atoms with van der Waals surface area (Å²) < 4.78 is 0. The van der Waals surface area contributed by atoms with Gasteiger partial charge in [-0.2, -0.15) is 19.6 Å². The first-order valence-corrected chi connectivity index (χ1v) is 24.0. The van der Waals surface area contributed by atoms with Crippen molar-refractivity contribution >= 4 is 50.5 Å². The van der Waals surface area contributed by atoms with Crippen molar-refractivity contribution in [2.75, 3.05) is 0 Å². The Morgan fingerprint density at radius 1 is 0.283 bits per heavy atom. The zero-order valence-electron chi connectivity index (χ0n) is 34.5. The van der Waals surface area contributed by atoms with E-state index in [1.54, 1.807) is 0 Å². The van der Waals surface area contributed by atoms with Crippen LogP contribution in [0.5, 0.6) is 0 Å². The fraction of sp³-hybridized carbons (Fsp3) is 0.750. The number of rotatable bonds is 34. The molecule has 0 spiro atoms. The molecule has 2 aromatic carbocycles. The molecule has 0 saturated carbocycles. The summed E-state index contributed by atoms with van der Waals surface area (Å²) in [4.78, 5) is 3.31. The quantitative estimate of drug-likeness (QED) is 0.0391. The molecule has 0 saturated heterocycles. The van der Waals surface area contributed by atoms with Crippen molar-refractivity contribution < 1.29 is 16.5 Å². The number of hydrogen-bond donors (Lipinski definition) is 0. The van der Waals surface area contributed by atoms with Crippen LogP contribution >= 0.6 is 0 Å². The molecule has 2 rings (SSSR count). The van der Waals surface area contributed by atoms with Gasteiger partial charge in [0.15, 0.2) is 0 Å². The van der Waals surface area contributed by atoms with Gasteiger partial charge < -0.3 is 50.5 Å². The topological polar surface area (TPSA) is 0 Å². The summed E-state index contributed by atoms with van der Waals surface area (Å²) in [5.74, 6) is 0. The fourth-order valence-electron chi connectivity index (χ4n) is 7.17. The molecule has 2 aromatic rings. The van der Waals surface area contributed by atoms with Gasteiger partial charge in [0.1, 0.15) is 0 Å². The van der Waals surface area contributed by atoms with E-state index in [4.69, 9.17) is 50.5 Å². The van der Waals surface area contributed by atoms with E-state index in [0.29, 0.717) is 0 Å². The molecule has 0 aliphatic heterocycles. The molecule has 0 N–H and O–H groups in total. The van der Waals surface area contributed by atoms with Crippen LogP contribution in [0.1, 0.15) is 230 Å². The van der Waals surface area contributed by atoms with Gasteiger partial charge in [-0.15, -0.1) is 0 Å². The van der Waals surface area contributed by atoms with Crippen molar-refractivity contribution in [1.29, 1.82) is 0 Å². The van der Waals surface area contributed by atoms with E-state index < -0.39 is 0 Å².